The molecule has 1 fully saturated rings. The Morgan fingerprint density at radius 1 is 0.848 bits per heavy atom. The van der Waals surface area contributed by atoms with E-state index in [1.807, 2.05) is 24.3 Å². The summed E-state index contributed by atoms with van der Waals surface area (Å²) in [5.74, 6) is 0.0651. The molecule has 2 aliphatic rings. The van der Waals surface area contributed by atoms with Gasteiger partial charge in [-0.1, -0.05) is 48.5 Å². The van der Waals surface area contributed by atoms with E-state index in [0.717, 1.165) is 25.9 Å². The van der Waals surface area contributed by atoms with Gasteiger partial charge in [0.25, 0.3) is 0 Å². The molecule has 7 heteroatoms. The number of carbonyl (C=O) groups excluding carboxylic acids is 1. The van der Waals surface area contributed by atoms with E-state index in [-0.39, 0.29) is 5.92 Å². The Morgan fingerprint density at radius 2 is 1.45 bits per heavy atom. The van der Waals surface area contributed by atoms with Crippen molar-refractivity contribution in [3.63, 3.8) is 0 Å². The molecule has 33 heavy (non-hydrogen) atoms. The lowest BCUT2D eigenvalue weighted by Crippen LogP contribution is -2.33. The van der Waals surface area contributed by atoms with Crippen LogP contribution in [-0.4, -0.2) is 71.5 Å². The van der Waals surface area contributed by atoms with Crippen LogP contribution in [0.1, 0.15) is 29.9 Å². The average Bonchev–Trinajstić information content (AvgIpc) is 3.18. The van der Waals surface area contributed by atoms with Crippen LogP contribution < -0.4 is 10.6 Å². The van der Waals surface area contributed by atoms with Gasteiger partial charge in [-0.2, -0.15) is 0 Å². The van der Waals surface area contributed by atoms with Crippen molar-refractivity contribution in [3.8, 4) is 11.1 Å². The topological polar surface area (TPSA) is 78.1 Å². The molecule has 1 heterocycles. The van der Waals surface area contributed by atoms with Crippen LogP contribution in [0, 0.1) is 0 Å². The van der Waals surface area contributed by atoms with E-state index in [9.17, 15) is 4.79 Å². The van der Waals surface area contributed by atoms with Gasteiger partial charge in [-0.05, 0) is 48.2 Å². The Hall–Kier alpha value is -2.45. The fourth-order valence-electron chi connectivity index (χ4n) is 4.43. The predicted octanol–water partition coefficient (Wildman–Crippen LogP) is 3.33. The summed E-state index contributed by atoms with van der Waals surface area (Å²) in [7, 11) is 0. The zero-order chi connectivity index (χ0) is 22.7. The van der Waals surface area contributed by atoms with Crippen LogP contribution in [0.2, 0.25) is 0 Å². The van der Waals surface area contributed by atoms with Gasteiger partial charge in [-0.15, -0.1) is 0 Å². The molecule has 0 unspecified atom stereocenters. The second-order valence-electron chi connectivity index (χ2n) is 8.30. The third-order valence-corrected chi connectivity index (χ3v) is 6.10. The van der Waals surface area contributed by atoms with Gasteiger partial charge in [0.05, 0.1) is 39.1 Å². The van der Waals surface area contributed by atoms with Crippen LogP contribution in [0.15, 0.2) is 48.5 Å². The molecule has 2 aromatic carbocycles. The van der Waals surface area contributed by atoms with Gasteiger partial charge >= 0.3 is 6.09 Å². The van der Waals surface area contributed by atoms with E-state index >= 15 is 0 Å². The molecule has 0 bridgehead atoms. The average molecular weight is 455 g/mol. The molecule has 0 aromatic heterocycles. The summed E-state index contributed by atoms with van der Waals surface area (Å²) in [6.07, 6.45) is 2.07. The first-order chi connectivity index (χ1) is 16.3. The number of ether oxygens (including phenoxy) is 4. The first-order valence-corrected chi connectivity index (χ1v) is 11.9. The van der Waals surface area contributed by atoms with Gasteiger partial charge < -0.3 is 29.6 Å². The summed E-state index contributed by atoms with van der Waals surface area (Å²) in [5.41, 5.74) is 4.85. The van der Waals surface area contributed by atoms with Crippen molar-refractivity contribution < 1.29 is 23.7 Å². The number of hydrogen-bond acceptors (Lipinski definition) is 6. The van der Waals surface area contributed by atoms with Crippen LogP contribution in [0.25, 0.3) is 11.1 Å². The zero-order valence-electron chi connectivity index (χ0n) is 19.1. The van der Waals surface area contributed by atoms with Crippen molar-refractivity contribution in [1.82, 2.24) is 10.6 Å². The lowest BCUT2D eigenvalue weighted by Gasteiger charge is -2.22. The van der Waals surface area contributed by atoms with Gasteiger partial charge in [0.2, 0.25) is 0 Å². The van der Waals surface area contributed by atoms with E-state index in [1.165, 1.54) is 22.3 Å². The number of nitrogens with one attached hydrogen (secondary N) is 2. The van der Waals surface area contributed by atoms with E-state index in [2.05, 4.69) is 34.9 Å². The summed E-state index contributed by atoms with van der Waals surface area (Å²) in [5, 5.41) is 6.07. The highest BCUT2D eigenvalue weighted by Gasteiger charge is 2.28. The van der Waals surface area contributed by atoms with Gasteiger partial charge in [-0.3, -0.25) is 0 Å². The van der Waals surface area contributed by atoms with Crippen molar-refractivity contribution in [2.24, 2.45) is 0 Å². The Morgan fingerprint density at radius 3 is 2.15 bits per heavy atom. The SMILES string of the molecule is O=C(NCCOCCOCCOC1CCNCC1)OCC1c2ccccc2-c2ccccc21. The molecule has 4 rings (SSSR count). The van der Waals surface area contributed by atoms with Crippen LogP contribution in [0.4, 0.5) is 4.79 Å². The Kier molecular flexibility index (Phi) is 9.12. The van der Waals surface area contributed by atoms with E-state index in [0.29, 0.717) is 52.3 Å². The highest BCUT2D eigenvalue weighted by molar-refractivity contribution is 5.79. The lowest BCUT2D eigenvalue weighted by molar-refractivity contribution is -0.0194. The van der Waals surface area contributed by atoms with Crippen molar-refractivity contribution in [3.05, 3.63) is 59.7 Å². The van der Waals surface area contributed by atoms with Crippen LogP contribution in [-0.2, 0) is 18.9 Å². The molecule has 1 aliphatic heterocycles. The maximum atomic E-state index is 12.1. The number of hydrogen-bond donors (Lipinski definition) is 2. The molecule has 0 atom stereocenters. The minimum atomic E-state index is -0.424. The highest BCUT2D eigenvalue weighted by atomic mass is 16.6. The lowest BCUT2D eigenvalue weighted by atomic mass is 9.98. The molecule has 0 spiro atoms. The number of amides is 1. The largest absolute Gasteiger partial charge is 0.449 e. The maximum absolute atomic E-state index is 12.1. The smallest absolute Gasteiger partial charge is 0.407 e. The Balaban J connectivity index is 1.04. The third kappa shape index (κ3) is 6.77. The maximum Gasteiger partial charge on any atom is 0.407 e. The first kappa shape index (κ1) is 23.7. The highest BCUT2D eigenvalue weighted by Crippen LogP contribution is 2.44. The number of alkyl carbamates (subject to hydrolysis) is 1. The van der Waals surface area contributed by atoms with Crippen molar-refractivity contribution in [2.75, 3.05) is 59.3 Å². The van der Waals surface area contributed by atoms with Gasteiger partial charge in [0, 0.05) is 12.5 Å². The van der Waals surface area contributed by atoms with Crippen molar-refractivity contribution in [2.45, 2.75) is 24.9 Å². The van der Waals surface area contributed by atoms with Gasteiger partial charge in [0.1, 0.15) is 6.61 Å². The summed E-state index contributed by atoms with van der Waals surface area (Å²) >= 11 is 0. The van der Waals surface area contributed by atoms with Gasteiger partial charge in [0.15, 0.2) is 0 Å². The number of piperidine rings is 1. The first-order valence-electron chi connectivity index (χ1n) is 11.9. The van der Waals surface area contributed by atoms with E-state index < -0.39 is 6.09 Å². The quantitative estimate of drug-likeness (QED) is 0.479. The predicted molar refractivity (Wildman–Crippen MR) is 127 cm³/mol. The molecule has 7 nitrogen and oxygen atoms in total. The molecule has 1 aliphatic carbocycles. The number of fused-ring (bicyclic) bond motifs is 3. The van der Waals surface area contributed by atoms with Crippen LogP contribution >= 0.6 is 0 Å². The van der Waals surface area contributed by atoms with E-state index in [1.54, 1.807) is 0 Å². The number of benzene rings is 2. The summed E-state index contributed by atoms with van der Waals surface area (Å²) < 4.78 is 22.3. The van der Waals surface area contributed by atoms with Crippen LogP contribution in [0.5, 0.6) is 0 Å². The standard InChI is InChI=1S/C26H34N2O5/c29-26(28-13-14-30-15-16-31-17-18-32-20-9-11-27-12-10-20)33-19-25-23-7-3-1-5-21(23)22-6-2-4-8-24(22)25/h1-8,20,25,27H,9-19H2,(H,28,29). The minimum absolute atomic E-state index is 0.0651. The fraction of sp³-hybridized carbons (Fsp3) is 0.500. The molecular formula is C26H34N2O5. The van der Waals surface area contributed by atoms with E-state index in [4.69, 9.17) is 18.9 Å². The normalized spacial score (nSPS) is 15.8. The molecular weight excluding hydrogens is 420 g/mol. The van der Waals surface area contributed by atoms with Crippen LogP contribution in [0.3, 0.4) is 0 Å². The summed E-state index contributed by atoms with van der Waals surface area (Å²) in [4.78, 5) is 12.1. The summed E-state index contributed by atoms with van der Waals surface area (Å²) in [6.45, 7) is 5.38. The Labute approximate surface area is 195 Å². The minimum Gasteiger partial charge on any atom is -0.449 e. The molecule has 2 N–H and O–H groups in total. The molecule has 1 amide bonds. The molecule has 1 saturated heterocycles. The second-order valence-corrected chi connectivity index (χ2v) is 8.30. The summed E-state index contributed by atoms with van der Waals surface area (Å²) in [6, 6.07) is 16.6. The fourth-order valence-corrected chi connectivity index (χ4v) is 4.43. The monoisotopic (exact) mass is 454 g/mol. The number of rotatable bonds is 12. The zero-order valence-corrected chi connectivity index (χ0v) is 19.1. The second kappa shape index (κ2) is 12.7. The molecule has 2 aromatic rings. The van der Waals surface area contributed by atoms with Crippen molar-refractivity contribution >= 4 is 6.09 Å². The third-order valence-electron chi connectivity index (χ3n) is 6.10. The number of carbonyl (C=O) groups is 1. The Bertz CT molecular complexity index is 839. The van der Waals surface area contributed by atoms with Gasteiger partial charge in [-0.25, -0.2) is 4.79 Å². The molecule has 0 saturated carbocycles. The van der Waals surface area contributed by atoms with Crippen molar-refractivity contribution in [1.29, 1.82) is 0 Å². The molecule has 0 radical (unpaired) electrons. The molecule has 178 valence electrons.